The third-order valence-corrected chi connectivity index (χ3v) is 10.1. The molecule has 0 aliphatic carbocycles. The Labute approximate surface area is 248 Å². The van der Waals surface area contributed by atoms with Gasteiger partial charge in [0.05, 0.1) is 12.2 Å². The van der Waals surface area contributed by atoms with Gasteiger partial charge < -0.3 is 32.8 Å². The number of nitrogens with one attached hydrogen (secondary N) is 1. The molecule has 40 heavy (non-hydrogen) atoms. The topological polar surface area (TPSA) is 236 Å². The smallest absolute Gasteiger partial charge is 0.353 e. The number of aliphatic imine (C=N–C) groups is 1. The number of amides is 2. The number of hydrogen-bond donors (Lipinski definition) is 6. The molecule has 2 aliphatic heterocycles. The molecule has 19 heteroatoms. The van der Waals surface area contributed by atoms with Crippen LogP contribution in [0.5, 0.6) is 0 Å². The van der Waals surface area contributed by atoms with Crippen molar-refractivity contribution in [3.05, 3.63) is 44.7 Å². The number of halogens is 1. The molecule has 9 N–H and O–H groups in total. The monoisotopic (exact) mass is 643 g/mol. The predicted octanol–water partition coefficient (Wildman–Crippen LogP) is 0.947. The summed E-state index contributed by atoms with van der Waals surface area (Å²) in [6.45, 7) is 0.458. The maximum absolute atomic E-state index is 13.1. The van der Waals surface area contributed by atoms with E-state index >= 15 is 0 Å². The van der Waals surface area contributed by atoms with E-state index in [0.29, 0.717) is 23.0 Å². The van der Waals surface area contributed by atoms with Gasteiger partial charge in [-0.25, -0.2) is 9.78 Å². The second kappa shape index (κ2) is 13.0. The number of carbonyl (C=O) groups is 3. The zero-order valence-electron chi connectivity index (χ0n) is 20.3. The summed E-state index contributed by atoms with van der Waals surface area (Å²) < 4.78 is 0.0359. The molecule has 2 amide bonds. The van der Waals surface area contributed by atoms with Gasteiger partial charge in [-0.3, -0.25) is 24.5 Å². The van der Waals surface area contributed by atoms with Crippen molar-refractivity contribution in [2.45, 2.75) is 22.1 Å². The minimum absolute atomic E-state index is 0.0225. The van der Waals surface area contributed by atoms with E-state index in [-0.39, 0.29) is 32.6 Å². The lowest BCUT2D eigenvalue weighted by molar-refractivity contribution is -0.150. The van der Waals surface area contributed by atoms with Crippen LogP contribution in [0.1, 0.15) is 11.4 Å². The van der Waals surface area contributed by atoms with E-state index in [4.69, 9.17) is 28.8 Å². The maximum atomic E-state index is 13.1. The highest BCUT2D eigenvalue weighted by Gasteiger charge is 2.54. The van der Waals surface area contributed by atoms with E-state index in [1.165, 1.54) is 23.5 Å². The van der Waals surface area contributed by atoms with Gasteiger partial charge in [-0.15, -0.1) is 11.8 Å². The molecule has 14 nitrogen and oxygen atoms in total. The Morgan fingerprint density at radius 3 is 2.77 bits per heavy atom. The Balaban J connectivity index is 1.48. The van der Waals surface area contributed by atoms with E-state index in [1.54, 1.807) is 24.0 Å². The number of hydrogen-bond acceptors (Lipinski definition) is 13. The van der Waals surface area contributed by atoms with Crippen LogP contribution in [0.2, 0.25) is 4.34 Å². The van der Waals surface area contributed by atoms with Gasteiger partial charge in [0.15, 0.2) is 16.8 Å². The largest absolute Gasteiger partial charge is 0.477 e. The average Bonchev–Trinajstić information content (AvgIpc) is 3.24. The Morgan fingerprint density at radius 2 is 2.12 bits per heavy atom. The minimum Gasteiger partial charge on any atom is -0.477 e. The Morgan fingerprint density at radius 1 is 1.35 bits per heavy atom. The van der Waals surface area contributed by atoms with Crippen LogP contribution >= 0.6 is 58.2 Å². The number of nitrogens with two attached hydrogens (primary N) is 3. The summed E-state index contributed by atoms with van der Waals surface area (Å²) in [7, 11) is 0. The quantitative estimate of drug-likeness (QED) is 0.0500. The highest BCUT2D eigenvalue weighted by molar-refractivity contribution is 8.06. The highest BCUT2D eigenvalue weighted by atomic mass is 35.5. The molecule has 1 saturated heterocycles. The molecule has 1 fully saturated rings. The minimum atomic E-state index is -1.27. The summed E-state index contributed by atoms with van der Waals surface area (Å²) in [5.41, 5.74) is 16.2. The molecule has 0 radical (unpaired) electrons. The number of nitrogen functional groups attached to an aromatic ring is 1. The fraction of sp³-hybridized carbons (Fsp3) is 0.286. The number of pyridine rings is 1. The van der Waals surface area contributed by atoms with Crippen LogP contribution in [-0.2, 0) is 20.1 Å². The molecular weight excluding hydrogens is 622 g/mol. The van der Waals surface area contributed by atoms with Crippen LogP contribution in [0, 0.1) is 0 Å². The van der Waals surface area contributed by atoms with E-state index in [1.807, 2.05) is 6.07 Å². The number of nitrogens with zero attached hydrogens (tertiary/aromatic N) is 5. The van der Waals surface area contributed by atoms with Gasteiger partial charge >= 0.3 is 5.97 Å². The van der Waals surface area contributed by atoms with Crippen molar-refractivity contribution in [1.82, 2.24) is 20.2 Å². The second-order valence-corrected chi connectivity index (χ2v) is 12.9. The molecule has 2 aromatic rings. The van der Waals surface area contributed by atoms with Gasteiger partial charge in [0.25, 0.3) is 11.8 Å². The number of guanidine groups is 1. The SMILES string of the molecule is NC(N)=NCCSCc1ncccc1SC1=C(C(=O)O)N2C(=O)[C@@H](NC(=O)/C(=N\O)c3nc(N)sc3Cl)[C@@H]2SC1. The lowest BCUT2D eigenvalue weighted by atomic mass is 10.0. The zero-order chi connectivity index (χ0) is 29.0. The fourth-order valence-electron chi connectivity index (χ4n) is 3.71. The highest BCUT2D eigenvalue weighted by Crippen LogP contribution is 2.45. The van der Waals surface area contributed by atoms with E-state index in [2.05, 4.69) is 25.4 Å². The number of carboxylic acid groups (broad SMARTS) is 1. The van der Waals surface area contributed by atoms with E-state index in [0.717, 1.165) is 26.8 Å². The molecule has 0 spiro atoms. The Kier molecular flexibility index (Phi) is 9.67. The molecule has 2 aromatic heterocycles. The molecule has 0 saturated carbocycles. The first-order valence-corrected chi connectivity index (χ1v) is 15.4. The maximum Gasteiger partial charge on any atom is 0.353 e. The van der Waals surface area contributed by atoms with Crippen LogP contribution < -0.4 is 22.5 Å². The number of β-lactam (4-membered cyclic amide) rings is 1. The zero-order valence-corrected chi connectivity index (χ0v) is 24.3. The summed E-state index contributed by atoms with van der Waals surface area (Å²) >= 11 is 11.0. The van der Waals surface area contributed by atoms with Crippen molar-refractivity contribution >= 4 is 92.8 Å². The van der Waals surface area contributed by atoms with Crippen LogP contribution in [0.3, 0.4) is 0 Å². The molecule has 2 atom stereocenters. The lowest BCUT2D eigenvalue weighted by Gasteiger charge is -2.49. The first kappa shape index (κ1) is 29.8. The third-order valence-electron chi connectivity index (χ3n) is 5.41. The Hall–Kier alpha value is -3.19. The molecule has 4 rings (SSSR count). The number of oxime groups is 1. The standard InChI is InChI=1S/C21H22ClN9O5S4/c22-15-11(29-21(25)40-15)12(30-36)16(32)28-13-17(33)31-14(19(34)35)10(7-38-18(13)31)39-9-2-1-3-26-8(9)6-37-5-4-27-20(23)24/h1-3,13,18,36H,4-7H2,(H2,25,29)(H,28,32)(H,34,35)(H4,23,24,27)/b30-12-/t13-,18+/m1/s1. The molecule has 0 bridgehead atoms. The van der Waals surface area contributed by atoms with Crippen molar-refractivity contribution in [3.63, 3.8) is 0 Å². The molecule has 212 valence electrons. The van der Waals surface area contributed by atoms with Crippen LogP contribution in [0.25, 0.3) is 0 Å². The van der Waals surface area contributed by atoms with Gasteiger partial charge in [0.2, 0.25) is 0 Å². The molecular formula is C21H22ClN9O5S4. The van der Waals surface area contributed by atoms with Gasteiger partial charge in [-0.1, -0.05) is 39.9 Å². The number of aliphatic carboxylic acids is 1. The number of carbonyl (C=O) groups excluding carboxylic acids is 2. The number of aromatic nitrogens is 2. The summed E-state index contributed by atoms with van der Waals surface area (Å²) in [5, 5.41) is 24.2. The fourth-order valence-corrected chi connectivity index (χ4v) is 8.09. The van der Waals surface area contributed by atoms with Crippen molar-refractivity contribution in [1.29, 1.82) is 0 Å². The number of anilines is 1. The van der Waals surface area contributed by atoms with Crippen molar-refractivity contribution in [3.8, 4) is 0 Å². The predicted molar refractivity (Wildman–Crippen MR) is 156 cm³/mol. The number of thioether (sulfide) groups is 3. The Bertz CT molecular complexity index is 1430. The lowest BCUT2D eigenvalue weighted by Crippen LogP contribution is -2.71. The molecule has 0 unspecified atom stereocenters. The van der Waals surface area contributed by atoms with Crippen LogP contribution in [-0.4, -0.2) is 84.1 Å². The van der Waals surface area contributed by atoms with Crippen molar-refractivity contribution in [2.75, 3.05) is 23.8 Å². The summed E-state index contributed by atoms with van der Waals surface area (Å²) in [6.07, 6.45) is 1.65. The first-order valence-electron chi connectivity index (χ1n) is 11.2. The van der Waals surface area contributed by atoms with Crippen LogP contribution in [0.4, 0.5) is 5.13 Å². The van der Waals surface area contributed by atoms with Gasteiger partial charge in [0.1, 0.15) is 27.1 Å². The molecule has 2 aliphatic rings. The van der Waals surface area contributed by atoms with Gasteiger partial charge in [-0.2, -0.15) is 11.8 Å². The third kappa shape index (κ3) is 6.41. The molecule has 0 aromatic carbocycles. The molecule has 4 heterocycles. The summed E-state index contributed by atoms with van der Waals surface area (Å²) in [4.78, 5) is 52.8. The summed E-state index contributed by atoms with van der Waals surface area (Å²) in [6, 6.07) is 2.53. The van der Waals surface area contributed by atoms with Crippen LogP contribution in [0.15, 0.2) is 44.0 Å². The average molecular weight is 644 g/mol. The first-order chi connectivity index (χ1) is 19.1. The van der Waals surface area contributed by atoms with Gasteiger partial charge in [-0.05, 0) is 12.1 Å². The summed E-state index contributed by atoms with van der Waals surface area (Å²) in [5.74, 6) is -1.29. The van der Waals surface area contributed by atoms with Crippen molar-refractivity contribution in [2.24, 2.45) is 21.6 Å². The number of carboxylic acids is 1. The normalized spacial score (nSPS) is 18.7. The van der Waals surface area contributed by atoms with E-state index in [9.17, 15) is 24.7 Å². The number of thiazole rings is 1. The second-order valence-electron chi connectivity index (χ2n) is 7.97. The van der Waals surface area contributed by atoms with Crippen molar-refractivity contribution < 1.29 is 24.7 Å². The van der Waals surface area contributed by atoms with E-state index < -0.39 is 34.9 Å². The number of fused-ring (bicyclic) bond motifs is 1. The number of rotatable bonds is 11. The van der Waals surface area contributed by atoms with Gasteiger partial charge in [0, 0.05) is 33.3 Å².